The lowest BCUT2D eigenvalue weighted by Crippen LogP contribution is -2.48. The maximum atomic E-state index is 14.9. The summed E-state index contributed by atoms with van der Waals surface area (Å²) in [7, 11) is 0. The van der Waals surface area contributed by atoms with E-state index in [-0.39, 0.29) is 17.4 Å². The van der Waals surface area contributed by atoms with E-state index >= 15 is 0 Å². The molecule has 1 N–H and O–H groups in total. The molecule has 1 aliphatic carbocycles. The van der Waals surface area contributed by atoms with Crippen LogP contribution >= 0.6 is 11.5 Å². The number of para-hydroxylation sites is 1. The Morgan fingerprint density at radius 1 is 1.10 bits per heavy atom. The molecule has 1 atom stereocenters. The molecule has 0 spiro atoms. The van der Waals surface area contributed by atoms with Gasteiger partial charge in [0.2, 0.25) is 5.91 Å². The van der Waals surface area contributed by atoms with Gasteiger partial charge < -0.3 is 5.32 Å². The third-order valence-electron chi connectivity index (χ3n) is 5.34. The molecular formula is C22H22FN5O2S. The molecule has 2 aromatic heterocycles. The van der Waals surface area contributed by atoms with E-state index in [1.165, 1.54) is 23.6 Å². The third-order valence-corrected chi connectivity index (χ3v) is 5.84. The number of rotatable bonds is 6. The van der Waals surface area contributed by atoms with E-state index in [4.69, 9.17) is 0 Å². The fraction of sp³-hybridized carbons (Fsp3) is 0.318. The molecular weight excluding hydrogens is 417 g/mol. The van der Waals surface area contributed by atoms with Crippen LogP contribution in [0.3, 0.4) is 0 Å². The van der Waals surface area contributed by atoms with Crippen molar-refractivity contribution in [2.45, 2.75) is 44.2 Å². The first kappa shape index (κ1) is 21.0. The van der Waals surface area contributed by atoms with E-state index in [9.17, 15) is 14.0 Å². The number of amides is 2. The van der Waals surface area contributed by atoms with E-state index < -0.39 is 23.7 Å². The monoisotopic (exact) mass is 439 g/mol. The number of nitrogens with zero attached hydrogens (tertiary/aromatic N) is 4. The van der Waals surface area contributed by atoms with Crippen molar-refractivity contribution in [1.82, 2.24) is 19.9 Å². The van der Waals surface area contributed by atoms with Crippen LogP contribution in [-0.2, 0) is 4.79 Å². The van der Waals surface area contributed by atoms with Crippen LogP contribution in [0.15, 0.2) is 54.0 Å². The van der Waals surface area contributed by atoms with Gasteiger partial charge in [0.05, 0.1) is 11.4 Å². The minimum Gasteiger partial charge on any atom is -0.351 e. The average molecular weight is 440 g/mol. The van der Waals surface area contributed by atoms with Crippen molar-refractivity contribution in [2.24, 2.45) is 0 Å². The van der Waals surface area contributed by atoms with E-state index in [1.807, 2.05) is 0 Å². The molecule has 1 saturated carbocycles. The highest BCUT2D eigenvalue weighted by Crippen LogP contribution is 2.31. The number of pyridine rings is 1. The molecule has 4 rings (SSSR count). The number of hydrogen-bond donors (Lipinski definition) is 1. The van der Waals surface area contributed by atoms with Gasteiger partial charge in [-0.15, -0.1) is 5.10 Å². The molecule has 0 unspecified atom stereocenters. The van der Waals surface area contributed by atoms with Crippen molar-refractivity contribution < 1.29 is 14.0 Å². The maximum absolute atomic E-state index is 14.9. The SMILES string of the molecule is O=C(NC1CCCCC1)[C@H](c1ccccn1)N(C(=O)c1csnn1)c1ccccc1F. The van der Waals surface area contributed by atoms with Crippen molar-refractivity contribution in [2.75, 3.05) is 4.90 Å². The van der Waals surface area contributed by atoms with Gasteiger partial charge in [-0.3, -0.25) is 19.5 Å². The van der Waals surface area contributed by atoms with Gasteiger partial charge in [-0.05, 0) is 48.6 Å². The Bertz CT molecular complexity index is 1030. The van der Waals surface area contributed by atoms with Crippen LogP contribution < -0.4 is 10.2 Å². The van der Waals surface area contributed by atoms with Crippen LogP contribution in [0.5, 0.6) is 0 Å². The molecule has 7 nitrogen and oxygen atoms in total. The van der Waals surface area contributed by atoms with Crippen LogP contribution in [0.2, 0.25) is 0 Å². The van der Waals surface area contributed by atoms with Gasteiger partial charge in [-0.25, -0.2) is 4.39 Å². The van der Waals surface area contributed by atoms with Crippen LogP contribution in [-0.4, -0.2) is 32.4 Å². The summed E-state index contributed by atoms with van der Waals surface area (Å²) in [6, 6.07) is 9.85. The van der Waals surface area contributed by atoms with Crippen LogP contribution in [0.1, 0.15) is 54.3 Å². The van der Waals surface area contributed by atoms with Gasteiger partial charge >= 0.3 is 0 Å². The molecule has 31 heavy (non-hydrogen) atoms. The Balaban J connectivity index is 1.78. The second kappa shape index (κ2) is 9.74. The van der Waals surface area contributed by atoms with Crippen molar-refractivity contribution in [3.8, 4) is 0 Å². The van der Waals surface area contributed by atoms with Crippen molar-refractivity contribution in [3.63, 3.8) is 0 Å². The first-order valence-corrected chi connectivity index (χ1v) is 11.1. The highest BCUT2D eigenvalue weighted by molar-refractivity contribution is 7.03. The summed E-state index contributed by atoms with van der Waals surface area (Å²) in [6.45, 7) is 0. The molecule has 0 radical (unpaired) electrons. The van der Waals surface area contributed by atoms with Crippen molar-refractivity contribution in [1.29, 1.82) is 0 Å². The second-order valence-corrected chi connectivity index (χ2v) is 8.03. The van der Waals surface area contributed by atoms with Crippen molar-refractivity contribution in [3.05, 3.63) is 71.2 Å². The normalized spacial score (nSPS) is 15.3. The molecule has 0 bridgehead atoms. The van der Waals surface area contributed by atoms with Gasteiger partial charge in [0.25, 0.3) is 5.91 Å². The Labute approximate surface area is 183 Å². The molecule has 160 valence electrons. The number of anilines is 1. The molecule has 1 fully saturated rings. The van der Waals surface area contributed by atoms with E-state index in [0.29, 0.717) is 5.69 Å². The zero-order valence-electron chi connectivity index (χ0n) is 16.8. The van der Waals surface area contributed by atoms with Gasteiger partial charge in [-0.2, -0.15) is 0 Å². The summed E-state index contributed by atoms with van der Waals surface area (Å²) in [6.07, 6.45) is 6.53. The fourth-order valence-electron chi connectivity index (χ4n) is 3.84. The number of carbonyl (C=O) groups is 2. The van der Waals surface area contributed by atoms with E-state index in [0.717, 1.165) is 48.5 Å². The number of hydrogen-bond acceptors (Lipinski definition) is 6. The Kier molecular flexibility index (Phi) is 6.61. The van der Waals surface area contributed by atoms with Crippen LogP contribution in [0.25, 0.3) is 0 Å². The summed E-state index contributed by atoms with van der Waals surface area (Å²) >= 11 is 1.01. The zero-order chi connectivity index (χ0) is 21.6. The largest absolute Gasteiger partial charge is 0.351 e. The predicted molar refractivity (Wildman–Crippen MR) is 115 cm³/mol. The van der Waals surface area contributed by atoms with Gasteiger partial charge in [0, 0.05) is 17.6 Å². The Morgan fingerprint density at radius 2 is 1.87 bits per heavy atom. The third kappa shape index (κ3) is 4.77. The average Bonchev–Trinajstić information content (AvgIpc) is 3.34. The summed E-state index contributed by atoms with van der Waals surface area (Å²) in [4.78, 5) is 32.4. The highest BCUT2D eigenvalue weighted by Gasteiger charge is 2.37. The zero-order valence-corrected chi connectivity index (χ0v) is 17.6. The minimum absolute atomic E-state index is 0.0186. The van der Waals surface area contributed by atoms with Crippen molar-refractivity contribution >= 4 is 29.0 Å². The number of halogens is 1. The lowest BCUT2D eigenvalue weighted by molar-refractivity contribution is -0.123. The second-order valence-electron chi connectivity index (χ2n) is 7.42. The Hall–Kier alpha value is -3.20. The van der Waals surface area contributed by atoms with E-state index in [2.05, 4.69) is 19.9 Å². The van der Waals surface area contributed by atoms with E-state index in [1.54, 1.807) is 30.5 Å². The lowest BCUT2D eigenvalue weighted by atomic mass is 9.95. The quantitative estimate of drug-likeness (QED) is 0.629. The topological polar surface area (TPSA) is 88.1 Å². The lowest BCUT2D eigenvalue weighted by Gasteiger charge is -2.32. The molecule has 9 heteroatoms. The van der Waals surface area contributed by atoms with Gasteiger partial charge in [0.1, 0.15) is 5.82 Å². The van der Waals surface area contributed by atoms with Gasteiger partial charge in [0.15, 0.2) is 11.7 Å². The molecule has 2 amide bonds. The fourth-order valence-corrected chi connectivity index (χ4v) is 4.27. The molecule has 3 aromatic rings. The van der Waals surface area contributed by atoms with Crippen LogP contribution in [0.4, 0.5) is 10.1 Å². The first-order valence-electron chi connectivity index (χ1n) is 10.2. The predicted octanol–water partition coefficient (Wildman–Crippen LogP) is 3.91. The number of nitrogens with one attached hydrogen (secondary N) is 1. The van der Waals surface area contributed by atoms with Gasteiger partial charge in [-0.1, -0.05) is 41.9 Å². The number of benzene rings is 1. The summed E-state index contributed by atoms with van der Waals surface area (Å²) in [5, 5.41) is 8.38. The molecule has 0 saturated heterocycles. The smallest absolute Gasteiger partial charge is 0.280 e. The molecule has 0 aliphatic heterocycles. The summed E-state index contributed by atoms with van der Waals surface area (Å²) in [5.74, 6) is -1.64. The maximum Gasteiger partial charge on any atom is 0.280 e. The molecule has 2 heterocycles. The molecule has 1 aliphatic rings. The first-order chi connectivity index (χ1) is 15.1. The molecule has 1 aromatic carbocycles. The number of aromatic nitrogens is 3. The highest BCUT2D eigenvalue weighted by atomic mass is 32.1. The standard InChI is InChI=1S/C22H22FN5O2S/c23-16-10-4-5-12-19(16)28(22(30)18-14-31-27-26-18)20(17-11-6-7-13-24-17)21(29)25-15-8-2-1-3-9-15/h4-7,10-15,20H,1-3,8-9H2,(H,25,29)/t20-/m0/s1. The summed E-state index contributed by atoms with van der Waals surface area (Å²) in [5.41, 5.74) is 0.366. The number of carbonyl (C=O) groups excluding carboxylic acids is 2. The minimum atomic E-state index is -1.16. The van der Waals surface area contributed by atoms with Crippen LogP contribution in [0, 0.1) is 5.82 Å². The Morgan fingerprint density at radius 3 is 2.55 bits per heavy atom. The summed E-state index contributed by atoms with van der Waals surface area (Å²) < 4.78 is 18.6.